The van der Waals surface area contributed by atoms with Crippen molar-refractivity contribution in [2.45, 2.75) is 52.3 Å². The van der Waals surface area contributed by atoms with Gasteiger partial charge in [-0.3, -0.25) is 9.48 Å². The van der Waals surface area contributed by atoms with Crippen LogP contribution in [0.15, 0.2) is 30.6 Å². The Morgan fingerprint density at radius 2 is 1.72 bits per heavy atom. The lowest BCUT2D eigenvalue weighted by molar-refractivity contribution is 0.0525. The van der Waals surface area contributed by atoms with Crippen LogP contribution >= 0.6 is 23.2 Å². The Kier molecular flexibility index (Phi) is 7.19. The van der Waals surface area contributed by atoms with Crippen LogP contribution < -0.4 is 10.6 Å². The minimum absolute atomic E-state index is 0.293. The number of ether oxygens (including phenoxy) is 1. The lowest BCUT2D eigenvalue weighted by atomic mass is 9.97. The highest BCUT2D eigenvalue weighted by Gasteiger charge is 2.25. The van der Waals surface area contributed by atoms with E-state index in [1.54, 1.807) is 49.8 Å². The lowest BCUT2D eigenvalue weighted by Gasteiger charge is -2.25. The first kappa shape index (κ1) is 23.0. The molecule has 0 aliphatic carbocycles. The Bertz CT molecular complexity index is 868. The van der Waals surface area contributed by atoms with Crippen molar-refractivity contribution in [1.82, 2.24) is 20.4 Å². The number of alkyl carbamates (subject to hydrolysis) is 1. The number of carbonyl (C=O) groups excluding carboxylic acids is 2. The molecule has 2 N–H and O–H groups in total. The van der Waals surface area contributed by atoms with Gasteiger partial charge >= 0.3 is 6.09 Å². The van der Waals surface area contributed by atoms with Crippen LogP contribution in [0.4, 0.5) is 4.79 Å². The van der Waals surface area contributed by atoms with Crippen LogP contribution in [-0.2, 0) is 16.8 Å². The van der Waals surface area contributed by atoms with E-state index < -0.39 is 17.2 Å². The number of nitrogens with one attached hydrogen (secondary N) is 2. The normalized spacial score (nSPS) is 11.8. The number of nitrogens with zero attached hydrogens (tertiary/aromatic N) is 2. The Morgan fingerprint density at radius 3 is 2.31 bits per heavy atom. The third-order valence-corrected chi connectivity index (χ3v) is 4.35. The van der Waals surface area contributed by atoms with Gasteiger partial charge in [0.25, 0.3) is 5.91 Å². The maximum atomic E-state index is 12.6. The summed E-state index contributed by atoms with van der Waals surface area (Å²) >= 11 is 12.0. The summed E-state index contributed by atoms with van der Waals surface area (Å²) < 4.78 is 6.88. The van der Waals surface area contributed by atoms with Crippen molar-refractivity contribution in [3.8, 4) is 0 Å². The quantitative estimate of drug-likeness (QED) is 0.697. The van der Waals surface area contributed by atoms with Crippen molar-refractivity contribution < 1.29 is 14.3 Å². The summed E-state index contributed by atoms with van der Waals surface area (Å²) in [7, 11) is 0. The molecule has 0 saturated heterocycles. The first-order valence-corrected chi connectivity index (χ1v) is 9.90. The van der Waals surface area contributed by atoms with Gasteiger partial charge in [-0.25, -0.2) is 4.79 Å². The minimum Gasteiger partial charge on any atom is -0.444 e. The van der Waals surface area contributed by atoms with Gasteiger partial charge in [-0.2, -0.15) is 5.10 Å². The van der Waals surface area contributed by atoms with E-state index in [9.17, 15) is 9.59 Å². The van der Waals surface area contributed by atoms with Crippen molar-refractivity contribution >= 4 is 35.2 Å². The highest BCUT2D eigenvalue weighted by Crippen LogP contribution is 2.23. The number of hydrogen-bond donors (Lipinski definition) is 2. The summed E-state index contributed by atoms with van der Waals surface area (Å²) in [5, 5.41) is 10.7. The molecule has 0 spiro atoms. The molecule has 0 aliphatic rings. The zero-order chi connectivity index (χ0) is 21.8. The van der Waals surface area contributed by atoms with E-state index in [0.717, 1.165) is 5.56 Å². The number of carbonyl (C=O) groups is 2. The molecule has 1 aromatic carbocycles. The van der Waals surface area contributed by atoms with Gasteiger partial charge in [0.1, 0.15) is 5.60 Å². The average molecular weight is 441 g/mol. The zero-order valence-electron chi connectivity index (χ0n) is 17.2. The van der Waals surface area contributed by atoms with Crippen molar-refractivity contribution in [2.24, 2.45) is 0 Å². The van der Waals surface area contributed by atoms with E-state index in [-0.39, 0.29) is 5.91 Å². The summed E-state index contributed by atoms with van der Waals surface area (Å²) in [5.74, 6) is -0.293. The smallest absolute Gasteiger partial charge is 0.407 e. The molecule has 0 unspecified atom stereocenters. The van der Waals surface area contributed by atoms with Crippen LogP contribution in [0.3, 0.4) is 0 Å². The topological polar surface area (TPSA) is 85.2 Å². The molecule has 0 saturated carbocycles. The van der Waals surface area contributed by atoms with Gasteiger partial charge in [0.2, 0.25) is 0 Å². The highest BCUT2D eigenvalue weighted by atomic mass is 35.5. The largest absolute Gasteiger partial charge is 0.444 e. The van der Waals surface area contributed by atoms with Crippen LogP contribution in [-0.4, -0.2) is 33.9 Å². The molecule has 158 valence electrons. The first-order chi connectivity index (χ1) is 13.4. The third-order valence-electron chi connectivity index (χ3n) is 3.91. The summed E-state index contributed by atoms with van der Waals surface area (Å²) in [5.41, 5.74) is -0.0260. The molecule has 0 radical (unpaired) electrons. The molecular weight excluding hydrogens is 415 g/mol. The fraction of sp³-hybridized carbons (Fsp3) is 0.450. The van der Waals surface area contributed by atoms with Crippen molar-refractivity contribution in [1.29, 1.82) is 0 Å². The van der Waals surface area contributed by atoms with Crippen molar-refractivity contribution in [3.05, 3.63) is 51.8 Å². The molecule has 29 heavy (non-hydrogen) atoms. The van der Waals surface area contributed by atoms with Gasteiger partial charge < -0.3 is 15.4 Å². The number of aromatic nitrogens is 2. The van der Waals surface area contributed by atoms with E-state index in [0.29, 0.717) is 28.7 Å². The Hall–Kier alpha value is -2.25. The second-order valence-electron chi connectivity index (χ2n) is 8.16. The summed E-state index contributed by atoms with van der Waals surface area (Å²) in [6, 6.07) is 4.69. The van der Waals surface area contributed by atoms with E-state index in [2.05, 4.69) is 15.7 Å². The summed E-state index contributed by atoms with van der Waals surface area (Å²) in [6.07, 6.45) is 3.03. The molecule has 2 amide bonds. The number of benzene rings is 1. The number of rotatable bonds is 6. The molecule has 1 heterocycles. The van der Waals surface area contributed by atoms with Gasteiger partial charge in [0, 0.05) is 33.9 Å². The Morgan fingerprint density at radius 1 is 1.10 bits per heavy atom. The molecule has 2 rings (SSSR count). The lowest BCUT2D eigenvalue weighted by Crippen LogP contribution is -2.40. The number of amides is 2. The molecule has 0 fully saturated rings. The molecule has 7 nitrogen and oxygen atoms in total. The molecule has 0 aliphatic heterocycles. The predicted molar refractivity (Wildman–Crippen MR) is 113 cm³/mol. The predicted octanol–water partition coefficient (Wildman–Crippen LogP) is 4.38. The Labute approximate surface area is 180 Å². The van der Waals surface area contributed by atoms with Crippen LogP contribution in [0.5, 0.6) is 0 Å². The summed E-state index contributed by atoms with van der Waals surface area (Å²) in [6.45, 7) is 9.99. The van der Waals surface area contributed by atoms with Crippen LogP contribution in [0, 0.1) is 0 Å². The van der Waals surface area contributed by atoms with Gasteiger partial charge in [-0.1, -0.05) is 23.2 Å². The third kappa shape index (κ3) is 7.25. The molecule has 1 aromatic heterocycles. The van der Waals surface area contributed by atoms with Crippen molar-refractivity contribution in [2.75, 3.05) is 6.54 Å². The van der Waals surface area contributed by atoms with E-state index in [1.807, 2.05) is 20.0 Å². The standard InChI is InChI=1S/C20H26Cl2N4O3/c1-19(2,3)29-18(28)23-6-7-26-12-14(11-24-26)20(4,5)25-17(27)13-8-15(21)10-16(22)9-13/h8-12H,6-7H2,1-5H3,(H,23,28)(H,25,27). The highest BCUT2D eigenvalue weighted by molar-refractivity contribution is 6.35. The van der Waals surface area contributed by atoms with Gasteiger partial charge in [-0.15, -0.1) is 0 Å². The SMILES string of the molecule is CC(C)(C)OC(=O)NCCn1cc(C(C)(C)NC(=O)c2cc(Cl)cc(Cl)c2)cn1. The first-order valence-electron chi connectivity index (χ1n) is 9.14. The number of halogens is 2. The van der Waals surface area contributed by atoms with Crippen molar-refractivity contribution in [3.63, 3.8) is 0 Å². The van der Waals surface area contributed by atoms with Crippen LogP contribution in [0.25, 0.3) is 0 Å². The fourth-order valence-electron chi connectivity index (χ4n) is 2.51. The van der Waals surface area contributed by atoms with E-state index in [1.165, 1.54) is 0 Å². The second kappa shape index (κ2) is 9.05. The van der Waals surface area contributed by atoms with Gasteiger partial charge in [-0.05, 0) is 52.8 Å². The molecule has 0 atom stereocenters. The van der Waals surface area contributed by atoms with Gasteiger partial charge in [0.05, 0.1) is 18.3 Å². The van der Waals surface area contributed by atoms with E-state index >= 15 is 0 Å². The number of hydrogen-bond acceptors (Lipinski definition) is 4. The maximum Gasteiger partial charge on any atom is 0.407 e. The monoisotopic (exact) mass is 440 g/mol. The maximum absolute atomic E-state index is 12.6. The average Bonchev–Trinajstić information content (AvgIpc) is 3.01. The minimum atomic E-state index is -0.678. The Balaban J connectivity index is 1.95. The zero-order valence-corrected chi connectivity index (χ0v) is 18.7. The molecule has 2 aromatic rings. The molecule has 9 heteroatoms. The molecular formula is C20H26Cl2N4O3. The van der Waals surface area contributed by atoms with Crippen LogP contribution in [0.1, 0.15) is 50.5 Å². The second-order valence-corrected chi connectivity index (χ2v) is 9.03. The van der Waals surface area contributed by atoms with Gasteiger partial charge in [0.15, 0.2) is 0 Å². The summed E-state index contributed by atoms with van der Waals surface area (Å²) in [4.78, 5) is 24.3. The van der Waals surface area contributed by atoms with Crippen LogP contribution in [0.2, 0.25) is 10.0 Å². The fourth-order valence-corrected chi connectivity index (χ4v) is 3.03. The van der Waals surface area contributed by atoms with E-state index in [4.69, 9.17) is 27.9 Å². The molecule has 0 bridgehead atoms.